The lowest BCUT2D eigenvalue weighted by atomic mass is 10.1. The van der Waals surface area contributed by atoms with E-state index in [2.05, 4.69) is 52.3 Å². The van der Waals surface area contributed by atoms with Crippen molar-refractivity contribution in [1.82, 2.24) is 15.0 Å². The van der Waals surface area contributed by atoms with Crippen LogP contribution >= 0.6 is 0 Å². The quantitative estimate of drug-likeness (QED) is 0.785. The van der Waals surface area contributed by atoms with Gasteiger partial charge in [0.25, 0.3) is 0 Å². The molecule has 1 aromatic carbocycles. The van der Waals surface area contributed by atoms with Gasteiger partial charge in [-0.1, -0.05) is 12.1 Å². The van der Waals surface area contributed by atoms with Crippen LogP contribution in [0, 0.1) is 20.8 Å². The van der Waals surface area contributed by atoms with E-state index < -0.39 is 0 Å². The zero-order valence-electron chi connectivity index (χ0n) is 13.0. The van der Waals surface area contributed by atoms with Gasteiger partial charge in [-0.3, -0.25) is 4.98 Å². The molecule has 0 saturated heterocycles. The molecule has 0 aliphatic rings. The fraction of sp³-hybridized carbons (Fsp3) is 0.167. The Hall–Kier alpha value is -2.75. The van der Waals surface area contributed by atoms with Gasteiger partial charge in [-0.05, 0) is 62.2 Å². The first-order chi connectivity index (χ1) is 10.6. The third kappa shape index (κ3) is 3.28. The van der Waals surface area contributed by atoms with Crippen LogP contribution in [-0.2, 0) is 0 Å². The number of benzene rings is 1. The number of aryl methyl sites for hydroxylation is 3. The van der Waals surface area contributed by atoms with E-state index in [-0.39, 0.29) is 0 Å². The van der Waals surface area contributed by atoms with Crippen LogP contribution in [0.5, 0.6) is 0 Å². The maximum atomic E-state index is 4.57. The van der Waals surface area contributed by atoms with E-state index in [0.29, 0.717) is 5.95 Å². The van der Waals surface area contributed by atoms with E-state index in [1.165, 1.54) is 11.1 Å². The zero-order chi connectivity index (χ0) is 15.5. The zero-order valence-corrected chi connectivity index (χ0v) is 13.0. The predicted molar refractivity (Wildman–Crippen MR) is 89.2 cm³/mol. The largest absolute Gasteiger partial charge is 0.324 e. The lowest BCUT2D eigenvalue weighted by molar-refractivity contribution is 1.10. The van der Waals surface area contributed by atoms with Crippen LogP contribution in [-0.4, -0.2) is 15.0 Å². The van der Waals surface area contributed by atoms with Crippen molar-refractivity contribution >= 4 is 11.6 Å². The van der Waals surface area contributed by atoms with Crippen LogP contribution in [0.25, 0.3) is 11.4 Å². The van der Waals surface area contributed by atoms with Crippen molar-refractivity contribution in [2.24, 2.45) is 0 Å². The summed E-state index contributed by atoms with van der Waals surface area (Å²) in [5.41, 5.74) is 5.98. The highest BCUT2D eigenvalue weighted by Crippen LogP contribution is 2.20. The maximum absolute atomic E-state index is 4.57. The van der Waals surface area contributed by atoms with Gasteiger partial charge in [0.1, 0.15) is 0 Å². The maximum Gasteiger partial charge on any atom is 0.228 e. The Balaban J connectivity index is 1.96. The number of nitrogens with zero attached hydrogens (tertiary/aromatic N) is 3. The van der Waals surface area contributed by atoms with Crippen molar-refractivity contribution in [2.45, 2.75) is 20.8 Å². The van der Waals surface area contributed by atoms with Crippen LogP contribution in [0.4, 0.5) is 11.6 Å². The van der Waals surface area contributed by atoms with Gasteiger partial charge < -0.3 is 5.32 Å². The lowest BCUT2D eigenvalue weighted by Gasteiger charge is -2.09. The fourth-order valence-corrected chi connectivity index (χ4v) is 2.45. The Bertz CT molecular complexity index is 777. The van der Waals surface area contributed by atoms with Crippen LogP contribution in [0.3, 0.4) is 0 Å². The summed E-state index contributed by atoms with van der Waals surface area (Å²) in [5.74, 6) is 0.589. The number of hydrogen-bond donors (Lipinski definition) is 1. The average molecular weight is 290 g/mol. The third-order valence-corrected chi connectivity index (χ3v) is 3.26. The van der Waals surface area contributed by atoms with Gasteiger partial charge in [-0.15, -0.1) is 0 Å². The highest BCUT2D eigenvalue weighted by atomic mass is 15.1. The summed E-state index contributed by atoms with van der Waals surface area (Å²) in [4.78, 5) is 13.4. The first kappa shape index (κ1) is 14.2. The van der Waals surface area contributed by atoms with Crippen LogP contribution < -0.4 is 5.32 Å². The van der Waals surface area contributed by atoms with Gasteiger partial charge in [-0.2, -0.15) is 0 Å². The Morgan fingerprint density at radius 2 is 1.59 bits per heavy atom. The van der Waals surface area contributed by atoms with Crippen LogP contribution in [0.2, 0.25) is 0 Å². The summed E-state index contributed by atoms with van der Waals surface area (Å²) in [6.07, 6.45) is 1.77. The molecule has 2 heterocycles. The molecule has 0 spiro atoms. The lowest BCUT2D eigenvalue weighted by Crippen LogP contribution is -2.01. The standard InChI is InChI=1S/C18H18N4/c1-12-8-13(2)10-15(9-12)21-18-20-14(3)11-17(22-18)16-6-4-5-7-19-16/h4-11H,1-3H3,(H,20,21,22). The molecular formula is C18H18N4. The molecule has 3 aromatic rings. The van der Waals surface area contributed by atoms with Gasteiger partial charge in [0, 0.05) is 17.6 Å². The molecule has 0 amide bonds. The van der Waals surface area contributed by atoms with Gasteiger partial charge in [-0.25, -0.2) is 9.97 Å². The van der Waals surface area contributed by atoms with Crippen molar-refractivity contribution in [3.63, 3.8) is 0 Å². The number of rotatable bonds is 3. The van der Waals surface area contributed by atoms with E-state index in [1.54, 1.807) is 6.20 Å². The first-order valence-corrected chi connectivity index (χ1v) is 7.22. The summed E-state index contributed by atoms with van der Waals surface area (Å²) in [7, 11) is 0. The minimum atomic E-state index is 0.589. The molecule has 0 radical (unpaired) electrons. The molecule has 0 saturated carbocycles. The monoisotopic (exact) mass is 290 g/mol. The number of nitrogens with one attached hydrogen (secondary N) is 1. The molecule has 0 atom stereocenters. The van der Waals surface area contributed by atoms with E-state index in [0.717, 1.165) is 22.8 Å². The van der Waals surface area contributed by atoms with Crippen molar-refractivity contribution in [2.75, 3.05) is 5.32 Å². The van der Waals surface area contributed by atoms with Crippen molar-refractivity contribution in [3.05, 3.63) is 65.5 Å². The van der Waals surface area contributed by atoms with Crippen LogP contribution in [0.1, 0.15) is 16.8 Å². The van der Waals surface area contributed by atoms with Gasteiger partial charge in [0.05, 0.1) is 11.4 Å². The van der Waals surface area contributed by atoms with Gasteiger partial charge in [0.2, 0.25) is 5.95 Å². The molecule has 0 fully saturated rings. The Morgan fingerprint density at radius 3 is 2.27 bits per heavy atom. The van der Waals surface area contributed by atoms with Crippen LogP contribution in [0.15, 0.2) is 48.7 Å². The molecule has 22 heavy (non-hydrogen) atoms. The molecule has 0 bridgehead atoms. The predicted octanol–water partition coefficient (Wildman–Crippen LogP) is 4.21. The number of anilines is 2. The summed E-state index contributed by atoms with van der Waals surface area (Å²) >= 11 is 0. The topological polar surface area (TPSA) is 50.7 Å². The second-order valence-electron chi connectivity index (χ2n) is 5.43. The Labute approximate surface area is 130 Å². The number of pyridine rings is 1. The smallest absolute Gasteiger partial charge is 0.228 e. The second kappa shape index (κ2) is 5.93. The minimum Gasteiger partial charge on any atom is -0.324 e. The summed E-state index contributed by atoms with van der Waals surface area (Å²) < 4.78 is 0. The van der Waals surface area contributed by atoms with E-state index in [9.17, 15) is 0 Å². The molecule has 0 aliphatic heterocycles. The SMILES string of the molecule is Cc1cc(C)cc(Nc2nc(C)cc(-c3ccccn3)n2)c1. The summed E-state index contributed by atoms with van der Waals surface area (Å²) in [5, 5.41) is 3.29. The summed E-state index contributed by atoms with van der Waals surface area (Å²) in [6, 6.07) is 14.0. The highest BCUT2D eigenvalue weighted by Gasteiger charge is 2.06. The van der Waals surface area contributed by atoms with E-state index in [4.69, 9.17) is 0 Å². The molecule has 4 nitrogen and oxygen atoms in total. The highest BCUT2D eigenvalue weighted by molar-refractivity contribution is 5.60. The molecule has 0 aliphatic carbocycles. The van der Waals surface area contributed by atoms with Crippen molar-refractivity contribution in [1.29, 1.82) is 0 Å². The normalized spacial score (nSPS) is 10.5. The Kier molecular flexibility index (Phi) is 3.83. The van der Waals surface area contributed by atoms with E-state index >= 15 is 0 Å². The average Bonchev–Trinajstić information content (AvgIpc) is 2.46. The minimum absolute atomic E-state index is 0.589. The molecule has 0 unspecified atom stereocenters. The van der Waals surface area contributed by atoms with Crippen molar-refractivity contribution < 1.29 is 0 Å². The second-order valence-corrected chi connectivity index (χ2v) is 5.43. The fourth-order valence-electron chi connectivity index (χ4n) is 2.45. The molecule has 110 valence electrons. The molecular weight excluding hydrogens is 272 g/mol. The van der Waals surface area contributed by atoms with E-state index in [1.807, 2.05) is 31.2 Å². The van der Waals surface area contributed by atoms with Gasteiger partial charge in [0.15, 0.2) is 0 Å². The first-order valence-electron chi connectivity index (χ1n) is 7.22. The number of hydrogen-bond acceptors (Lipinski definition) is 4. The molecule has 4 heteroatoms. The molecule has 2 aromatic heterocycles. The van der Waals surface area contributed by atoms with Gasteiger partial charge >= 0.3 is 0 Å². The molecule has 1 N–H and O–H groups in total. The third-order valence-electron chi connectivity index (χ3n) is 3.26. The summed E-state index contributed by atoms with van der Waals surface area (Å²) in [6.45, 7) is 6.12. The number of aromatic nitrogens is 3. The molecule has 3 rings (SSSR count). The Morgan fingerprint density at radius 1 is 0.818 bits per heavy atom. The van der Waals surface area contributed by atoms with Crippen molar-refractivity contribution in [3.8, 4) is 11.4 Å².